The van der Waals surface area contributed by atoms with Crippen molar-refractivity contribution in [3.8, 4) is 5.75 Å². The molecule has 1 aromatic rings. The first-order chi connectivity index (χ1) is 11.3. The van der Waals surface area contributed by atoms with Crippen LogP contribution in [0.1, 0.15) is 42.5 Å². The highest BCUT2D eigenvalue weighted by Crippen LogP contribution is 2.41. The molecule has 0 aromatic heterocycles. The first-order valence-corrected chi connectivity index (χ1v) is 7.59. The molecule has 0 radical (unpaired) electrons. The van der Waals surface area contributed by atoms with Gasteiger partial charge in [0.1, 0.15) is 5.66 Å². The second-order valence-corrected chi connectivity index (χ2v) is 5.94. The lowest BCUT2D eigenvalue weighted by molar-refractivity contribution is 0.0697. The molecule has 8 nitrogen and oxygen atoms in total. The highest BCUT2D eigenvalue weighted by atomic mass is 19.1. The van der Waals surface area contributed by atoms with Gasteiger partial charge < -0.3 is 21.7 Å². The normalized spacial score (nSPS) is 19.8. The Labute approximate surface area is 137 Å². The number of aliphatic imine (C=N–C) groups is 2. The summed E-state index contributed by atoms with van der Waals surface area (Å²) in [5.41, 5.74) is 10.6. The topological polar surface area (TPSA) is 138 Å². The van der Waals surface area contributed by atoms with Gasteiger partial charge in [-0.05, 0) is 31.7 Å². The average Bonchev–Trinajstić information content (AvgIpc) is 2.50. The highest BCUT2D eigenvalue weighted by molar-refractivity contribution is 6.09. The number of rotatable bonds is 2. The summed E-state index contributed by atoms with van der Waals surface area (Å²) in [4.78, 5) is 21.3. The van der Waals surface area contributed by atoms with E-state index in [1.807, 2.05) is 0 Å². The summed E-state index contributed by atoms with van der Waals surface area (Å²) in [5.74, 6) is -3.04. The van der Waals surface area contributed by atoms with Gasteiger partial charge in [-0.15, -0.1) is 0 Å². The summed E-state index contributed by atoms with van der Waals surface area (Å²) in [6.07, 6.45) is 3.89. The van der Waals surface area contributed by atoms with Gasteiger partial charge in [0.05, 0.1) is 11.3 Å². The van der Waals surface area contributed by atoms with E-state index in [1.54, 1.807) is 0 Å². The van der Waals surface area contributed by atoms with Crippen LogP contribution in [0.3, 0.4) is 0 Å². The van der Waals surface area contributed by atoms with E-state index in [1.165, 1.54) is 4.90 Å². The van der Waals surface area contributed by atoms with Crippen molar-refractivity contribution in [1.82, 2.24) is 0 Å². The van der Waals surface area contributed by atoms with Crippen LogP contribution < -0.4 is 16.4 Å². The van der Waals surface area contributed by atoms with Gasteiger partial charge in [0, 0.05) is 6.07 Å². The van der Waals surface area contributed by atoms with E-state index < -0.39 is 23.2 Å². The Morgan fingerprint density at radius 3 is 2.54 bits per heavy atom. The van der Waals surface area contributed by atoms with Crippen molar-refractivity contribution in [1.29, 1.82) is 0 Å². The Hall–Kier alpha value is -2.84. The molecule has 24 heavy (non-hydrogen) atoms. The quantitative estimate of drug-likeness (QED) is 0.643. The third-order valence-corrected chi connectivity index (χ3v) is 4.39. The average molecular weight is 335 g/mol. The number of phenolic OH excluding ortho intramolecular Hbond substituents is 1. The monoisotopic (exact) mass is 335 g/mol. The summed E-state index contributed by atoms with van der Waals surface area (Å²) in [5, 5.41) is 19.0. The van der Waals surface area contributed by atoms with E-state index in [0.717, 1.165) is 31.4 Å². The lowest BCUT2D eigenvalue weighted by Gasteiger charge is -2.46. The number of phenols is 1. The maximum atomic E-state index is 13.9. The van der Waals surface area contributed by atoms with Crippen LogP contribution in [0.4, 0.5) is 10.1 Å². The number of anilines is 1. The van der Waals surface area contributed by atoms with Crippen LogP contribution in [0.25, 0.3) is 0 Å². The minimum absolute atomic E-state index is 0.00259. The van der Waals surface area contributed by atoms with Crippen molar-refractivity contribution in [3.05, 3.63) is 23.5 Å². The molecule has 1 aliphatic heterocycles. The molecule has 1 saturated carbocycles. The lowest BCUT2D eigenvalue weighted by atomic mass is 9.87. The summed E-state index contributed by atoms with van der Waals surface area (Å²) in [7, 11) is 0. The van der Waals surface area contributed by atoms with E-state index in [0.29, 0.717) is 12.8 Å². The lowest BCUT2D eigenvalue weighted by Crippen LogP contribution is -2.58. The highest BCUT2D eigenvalue weighted by Gasteiger charge is 2.44. The minimum Gasteiger partial charge on any atom is -0.505 e. The summed E-state index contributed by atoms with van der Waals surface area (Å²) in [6, 6.07) is 1.80. The number of carboxylic acids is 1. The molecule has 0 atom stereocenters. The third kappa shape index (κ3) is 2.51. The standard InChI is InChI=1S/C15H18FN5O3/c16-9-7-10(8(12(23)24)6-11(9)22)21-14(18)19-13(17)20-15(21)4-2-1-3-5-15/h6-7,22H,1-5H2,(H,23,24)(H4,17,18,19,20). The zero-order chi connectivity index (χ0) is 17.5. The van der Waals surface area contributed by atoms with Gasteiger partial charge in [-0.3, -0.25) is 4.90 Å². The van der Waals surface area contributed by atoms with Crippen molar-refractivity contribution < 1.29 is 19.4 Å². The van der Waals surface area contributed by atoms with Crippen molar-refractivity contribution in [2.45, 2.75) is 37.8 Å². The van der Waals surface area contributed by atoms with Gasteiger partial charge >= 0.3 is 5.97 Å². The fourth-order valence-corrected chi connectivity index (χ4v) is 3.38. The number of guanidine groups is 2. The van der Waals surface area contributed by atoms with E-state index in [-0.39, 0.29) is 23.2 Å². The first kappa shape index (κ1) is 16.0. The van der Waals surface area contributed by atoms with Crippen molar-refractivity contribution in [2.24, 2.45) is 21.5 Å². The van der Waals surface area contributed by atoms with Gasteiger partial charge in [-0.25, -0.2) is 14.2 Å². The van der Waals surface area contributed by atoms with Crippen LogP contribution in [0.2, 0.25) is 0 Å². The first-order valence-electron chi connectivity index (χ1n) is 7.59. The molecule has 128 valence electrons. The molecule has 2 aliphatic rings. The predicted octanol–water partition coefficient (Wildman–Crippen LogP) is 1.34. The van der Waals surface area contributed by atoms with Gasteiger partial charge in [-0.1, -0.05) is 6.42 Å². The number of aromatic hydroxyl groups is 1. The van der Waals surface area contributed by atoms with Gasteiger partial charge in [-0.2, -0.15) is 4.99 Å². The molecular formula is C15H18FN5O3. The molecule has 0 saturated heterocycles. The molecule has 1 heterocycles. The van der Waals surface area contributed by atoms with E-state index in [2.05, 4.69) is 9.98 Å². The van der Waals surface area contributed by atoms with Gasteiger partial charge in [0.2, 0.25) is 11.9 Å². The Bertz CT molecular complexity index is 756. The molecule has 0 amide bonds. The minimum atomic E-state index is -1.32. The zero-order valence-corrected chi connectivity index (χ0v) is 12.9. The molecule has 6 N–H and O–H groups in total. The summed E-state index contributed by atoms with van der Waals surface area (Å²) in [6.45, 7) is 0. The number of hydrogen-bond acceptors (Lipinski definition) is 7. The van der Waals surface area contributed by atoms with E-state index in [9.17, 15) is 19.4 Å². The molecule has 1 aliphatic carbocycles. The Kier molecular flexibility index (Phi) is 3.78. The second-order valence-electron chi connectivity index (χ2n) is 5.94. The zero-order valence-electron chi connectivity index (χ0n) is 12.9. The molecular weight excluding hydrogens is 317 g/mol. The number of aromatic carboxylic acids is 1. The number of benzene rings is 1. The van der Waals surface area contributed by atoms with Crippen molar-refractivity contribution in [3.63, 3.8) is 0 Å². The fourth-order valence-electron chi connectivity index (χ4n) is 3.38. The molecule has 9 heteroatoms. The van der Waals surface area contributed by atoms with Crippen LogP contribution >= 0.6 is 0 Å². The number of hydrogen-bond donors (Lipinski definition) is 4. The number of nitrogens with zero attached hydrogens (tertiary/aromatic N) is 3. The van der Waals surface area contributed by atoms with Crippen molar-refractivity contribution >= 4 is 23.6 Å². The smallest absolute Gasteiger partial charge is 0.337 e. The van der Waals surface area contributed by atoms with Crippen LogP contribution in [-0.2, 0) is 0 Å². The van der Waals surface area contributed by atoms with Crippen LogP contribution in [0.15, 0.2) is 22.1 Å². The maximum absolute atomic E-state index is 13.9. The van der Waals surface area contributed by atoms with Crippen LogP contribution in [0, 0.1) is 5.82 Å². The molecule has 1 aromatic carbocycles. The number of carbonyl (C=O) groups is 1. The number of nitrogens with two attached hydrogens (primary N) is 2. The molecule has 3 rings (SSSR count). The Morgan fingerprint density at radius 1 is 1.25 bits per heavy atom. The maximum Gasteiger partial charge on any atom is 0.337 e. The van der Waals surface area contributed by atoms with E-state index >= 15 is 0 Å². The predicted molar refractivity (Wildman–Crippen MR) is 86.6 cm³/mol. The summed E-state index contributed by atoms with van der Waals surface area (Å²) >= 11 is 0. The fraction of sp³-hybridized carbons (Fsp3) is 0.400. The van der Waals surface area contributed by atoms with Gasteiger partial charge in [0.25, 0.3) is 0 Å². The van der Waals surface area contributed by atoms with Gasteiger partial charge in [0.15, 0.2) is 11.6 Å². The number of carboxylic acid groups (broad SMARTS) is 1. The molecule has 1 spiro atoms. The van der Waals surface area contributed by atoms with Crippen LogP contribution in [-0.4, -0.2) is 33.8 Å². The molecule has 0 unspecified atom stereocenters. The Morgan fingerprint density at radius 2 is 1.92 bits per heavy atom. The third-order valence-electron chi connectivity index (χ3n) is 4.39. The van der Waals surface area contributed by atoms with Crippen LogP contribution in [0.5, 0.6) is 5.75 Å². The number of halogens is 1. The Balaban J connectivity index is 2.21. The molecule has 0 bridgehead atoms. The summed E-state index contributed by atoms with van der Waals surface area (Å²) < 4.78 is 13.9. The molecule has 1 fully saturated rings. The second kappa shape index (κ2) is 5.66. The van der Waals surface area contributed by atoms with E-state index in [4.69, 9.17) is 11.5 Å². The largest absolute Gasteiger partial charge is 0.505 e. The SMILES string of the molecule is NC1=NC2(CCCCC2)N(c2cc(F)c(O)cc2C(=O)O)C(N)=N1. The van der Waals surface area contributed by atoms with Crippen molar-refractivity contribution in [2.75, 3.05) is 4.90 Å².